The molecule has 0 bridgehead atoms. The smallest absolute Gasteiger partial charge is 0.221 e. The summed E-state index contributed by atoms with van der Waals surface area (Å²) in [5, 5.41) is 5.99. The second-order valence-corrected chi connectivity index (χ2v) is 6.89. The van der Waals surface area contributed by atoms with E-state index in [1.165, 1.54) is 6.42 Å². The molecule has 2 rings (SSSR count). The van der Waals surface area contributed by atoms with Crippen LogP contribution in [0.3, 0.4) is 0 Å². The molecule has 0 spiro atoms. The van der Waals surface area contributed by atoms with Crippen molar-refractivity contribution in [1.29, 1.82) is 0 Å². The largest absolute Gasteiger partial charge is 0.353 e. The van der Waals surface area contributed by atoms with Gasteiger partial charge in [0, 0.05) is 25.0 Å². The molecule has 1 saturated carbocycles. The number of hydrogen-bond acceptors (Lipinski definition) is 4. The second-order valence-electron chi connectivity index (χ2n) is 4.66. The van der Waals surface area contributed by atoms with Crippen molar-refractivity contribution in [2.75, 3.05) is 18.1 Å². The first-order valence-corrected chi connectivity index (χ1v) is 7.60. The summed E-state index contributed by atoms with van der Waals surface area (Å²) in [6.45, 7) is 0.462. The molecular formula is C10H18N2O3S. The molecule has 1 amide bonds. The lowest BCUT2D eigenvalue weighted by atomic mass is 9.93. The predicted molar refractivity (Wildman–Crippen MR) is 60.8 cm³/mol. The Hall–Kier alpha value is -0.620. The fourth-order valence-corrected chi connectivity index (χ4v) is 3.51. The average molecular weight is 246 g/mol. The van der Waals surface area contributed by atoms with Gasteiger partial charge in [0.25, 0.3) is 0 Å². The predicted octanol–water partition coefficient (Wildman–Crippen LogP) is -0.568. The van der Waals surface area contributed by atoms with Gasteiger partial charge in [-0.3, -0.25) is 4.79 Å². The molecule has 2 aliphatic rings. The lowest BCUT2D eigenvalue weighted by Gasteiger charge is -2.28. The number of sulfone groups is 1. The summed E-state index contributed by atoms with van der Waals surface area (Å²) in [6, 6.07) is 0.117. The third-order valence-corrected chi connectivity index (χ3v) is 4.94. The average Bonchev–Trinajstić information content (AvgIpc) is 2.10. The van der Waals surface area contributed by atoms with Crippen molar-refractivity contribution in [1.82, 2.24) is 10.6 Å². The number of nitrogens with one attached hydrogen (secondary N) is 2. The molecule has 1 unspecified atom stereocenters. The third-order valence-electron chi connectivity index (χ3n) is 3.20. The van der Waals surface area contributed by atoms with Gasteiger partial charge in [0.1, 0.15) is 0 Å². The van der Waals surface area contributed by atoms with E-state index in [9.17, 15) is 13.2 Å². The summed E-state index contributed by atoms with van der Waals surface area (Å²) in [7, 11) is -2.94. The fraction of sp³-hybridized carbons (Fsp3) is 0.900. The van der Waals surface area contributed by atoms with E-state index >= 15 is 0 Å². The Labute approximate surface area is 95.9 Å². The van der Waals surface area contributed by atoms with E-state index in [1.54, 1.807) is 0 Å². The van der Waals surface area contributed by atoms with Gasteiger partial charge < -0.3 is 10.6 Å². The zero-order valence-corrected chi connectivity index (χ0v) is 10.1. The van der Waals surface area contributed by atoms with E-state index in [0.29, 0.717) is 12.6 Å². The number of rotatable bonds is 3. The van der Waals surface area contributed by atoms with E-state index in [-0.39, 0.29) is 29.9 Å². The van der Waals surface area contributed by atoms with Gasteiger partial charge >= 0.3 is 0 Å². The topological polar surface area (TPSA) is 75.3 Å². The molecule has 0 radical (unpaired) electrons. The van der Waals surface area contributed by atoms with E-state index in [4.69, 9.17) is 0 Å². The Morgan fingerprint density at radius 3 is 2.69 bits per heavy atom. The molecule has 5 nitrogen and oxygen atoms in total. The van der Waals surface area contributed by atoms with Crippen molar-refractivity contribution >= 4 is 15.7 Å². The normalized spacial score (nSPS) is 29.4. The van der Waals surface area contributed by atoms with Crippen LogP contribution in [-0.2, 0) is 14.6 Å². The van der Waals surface area contributed by atoms with Crippen LogP contribution in [0.15, 0.2) is 0 Å². The first kappa shape index (κ1) is 11.9. The van der Waals surface area contributed by atoms with Crippen LogP contribution in [0.1, 0.15) is 25.7 Å². The molecular weight excluding hydrogens is 228 g/mol. The quantitative estimate of drug-likeness (QED) is 0.699. The molecule has 2 fully saturated rings. The van der Waals surface area contributed by atoms with Gasteiger partial charge in [0.2, 0.25) is 5.91 Å². The number of amides is 1. The van der Waals surface area contributed by atoms with Crippen molar-refractivity contribution in [2.24, 2.45) is 0 Å². The summed E-state index contributed by atoms with van der Waals surface area (Å²) in [6.07, 6.45) is 3.57. The van der Waals surface area contributed by atoms with Crippen LogP contribution in [0.25, 0.3) is 0 Å². The van der Waals surface area contributed by atoms with Crippen molar-refractivity contribution in [2.45, 2.75) is 37.8 Å². The van der Waals surface area contributed by atoms with E-state index < -0.39 is 9.84 Å². The van der Waals surface area contributed by atoms with Crippen molar-refractivity contribution in [3.05, 3.63) is 0 Å². The van der Waals surface area contributed by atoms with Crippen molar-refractivity contribution < 1.29 is 13.2 Å². The molecule has 1 heterocycles. The van der Waals surface area contributed by atoms with Crippen LogP contribution in [0.5, 0.6) is 0 Å². The Kier molecular flexibility index (Phi) is 3.49. The molecule has 0 aromatic carbocycles. The van der Waals surface area contributed by atoms with Crippen molar-refractivity contribution in [3.8, 4) is 0 Å². The third kappa shape index (κ3) is 3.18. The Morgan fingerprint density at radius 2 is 2.12 bits per heavy atom. The van der Waals surface area contributed by atoms with Crippen LogP contribution in [0.2, 0.25) is 0 Å². The monoisotopic (exact) mass is 246 g/mol. The zero-order chi connectivity index (χ0) is 11.6. The molecule has 1 aliphatic carbocycles. The molecule has 6 heteroatoms. The van der Waals surface area contributed by atoms with Crippen LogP contribution in [0.4, 0.5) is 0 Å². The van der Waals surface area contributed by atoms with Crippen LogP contribution in [0, 0.1) is 0 Å². The van der Waals surface area contributed by atoms with E-state index in [0.717, 1.165) is 12.8 Å². The minimum Gasteiger partial charge on any atom is -0.353 e. The lowest BCUT2D eigenvalue weighted by Crippen LogP contribution is -2.49. The molecule has 16 heavy (non-hydrogen) atoms. The van der Waals surface area contributed by atoms with Gasteiger partial charge in [-0.2, -0.15) is 0 Å². The van der Waals surface area contributed by atoms with E-state index in [2.05, 4.69) is 10.6 Å². The summed E-state index contributed by atoms with van der Waals surface area (Å²) in [4.78, 5) is 11.6. The van der Waals surface area contributed by atoms with Gasteiger partial charge in [-0.25, -0.2) is 8.42 Å². The molecule has 1 aliphatic heterocycles. The molecule has 1 saturated heterocycles. The van der Waals surface area contributed by atoms with Crippen molar-refractivity contribution in [3.63, 3.8) is 0 Å². The molecule has 0 aromatic heterocycles. The maximum absolute atomic E-state index is 11.6. The maximum atomic E-state index is 11.6. The highest BCUT2D eigenvalue weighted by molar-refractivity contribution is 7.91. The molecule has 0 aromatic rings. The van der Waals surface area contributed by atoms with Crippen LogP contribution < -0.4 is 10.6 Å². The van der Waals surface area contributed by atoms with Gasteiger partial charge in [-0.15, -0.1) is 0 Å². The fourth-order valence-electron chi connectivity index (χ4n) is 2.06. The highest BCUT2D eigenvalue weighted by Gasteiger charge is 2.27. The first-order chi connectivity index (χ1) is 7.55. The highest BCUT2D eigenvalue weighted by atomic mass is 32.2. The summed E-state index contributed by atoms with van der Waals surface area (Å²) >= 11 is 0. The highest BCUT2D eigenvalue weighted by Crippen LogP contribution is 2.18. The first-order valence-electron chi connectivity index (χ1n) is 5.78. The number of hydrogen-bond donors (Lipinski definition) is 2. The molecule has 2 N–H and O–H groups in total. The molecule has 1 atom stereocenters. The maximum Gasteiger partial charge on any atom is 0.221 e. The van der Waals surface area contributed by atoms with E-state index in [1.807, 2.05) is 0 Å². The number of carbonyl (C=O) groups excluding carboxylic acids is 1. The van der Waals surface area contributed by atoms with Crippen LogP contribution >= 0.6 is 0 Å². The van der Waals surface area contributed by atoms with Gasteiger partial charge in [0.15, 0.2) is 9.84 Å². The summed E-state index contributed by atoms with van der Waals surface area (Å²) in [5.41, 5.74) is 0. The minimum atomic E-state index is -2.94. The standard InChI is InChI=1S/C10H18N2O3S/c13-10(12-8-2-1-3-8)6-9-7-16(14,15)5-4-11-9/h8-9,11H,1-7H2,(H,12,13). The Bertz CT molecular complexity index is 362. The lowest BCUT2D eigenvalue weighted by molar-refractivity contribution is -0.122. The Morgan fingerprint density at radius 1 is 1.38 bits per heavy atom. The van der Waals surface area contributed by atoms with Gasteiger partial charge in [-0.05, 0) is 19.3 Å². The van der Waals surface area contributed by atoms with Gasteiger partial charge in [0.05, 0.1) is 11.5 Å². The minimum absolute atomic E-state index is 0.0284. The Balaban J connectivity index is 1.77. The summed E-state index contributed by atoms with van der Waals surface area (Å²) in [5.74, 6) is 0.248. The second kappa shape index (κ2) is 4.71. The summed E-state index contributed by atoms with van der Waals surface area (Å²) < 4.78 is 22.7. The number of carbonyl (C=O) groups is 1. The van der Waals surface area contributed by atoms with Gasteiger partial charge in [-0.1, -0.05) is 0 Å². The van der Waals surface area contributed by atoms with Crippen LogP contribution in [-0.4, -0.2) is 44.5 Å². The zero-order valence-electron chi connectivity index (χ0n) is 9.24. The SMILES string of the molecule is O=C(CC1CS(=O)(=O)CCN1)NC1CCC1. The molecule has 92 valence electrons.